The third-order valence-electron chi connectivity index (χ3n) is 3.78. The number of ether oxygens (including phenoxy) is 2. The van der Waals surface area contributed by atoms with E-state index < -0.39 is 10.8 Å². The summed E-state index contributed by atoms with van der Waals surface area (Å²) in [6.07, 6.45) is 0. The minimum Gasteiger partial charge on any atom is -0.479 e. The van der Waals surface area contributed by atoms with Crippen molar-refractivity contribution in [3.63, 3.8) is 0 Å². The molecule has 1 amide bonds. The van der Waals surface area contributed by atoms with E-state index in [1.807, 2.05) is 12.1 Å². The third kappa shape index (κ3) is 5.08. The largest absolute Gasteiger partial charge is 0.479 e. The molecule has 0 heterocycles. The number of nitrogens with one attached hydrogen (secondary N) is 1. The highest BCUT2D eigenvalue weighted by molar-refractivity contribution is 6.06. The van der Waals surface area contributed by atoms with E-state index in [4.69, 9.17) is 14.7 Å². The first kappa shape index (κ1) is 19.4. The fraction of sp³-hybridized carbons (Fsp3) is 0.0476. The smallest absolute Gasteiger partial charge is 0.270 e. The second kappa shape index (κ2) is 9.01. The molecule has 0 saturated heterocycles. The van der Waals surface area contributed by atoms with Gasteiger partial charge in [0.1, 0.15) is 23.3 Å². The van der Waals surface area contributed by atoms with E-state index in [1.165, 1.54) is 12.1 Å². The normalized spacial score (nSPS) is 9.90. The van der Waals surface area contributed by atoms with Crippen molar-refractivity contribution in [2.45, 2.75) is 0 Å². The van der Waals surface area contributed by atoms with E-state index in [-0.39, 0.29) is 23.6 Å². The highest BCUT2D eigenvalue weighted by Gasteiger charge is 2.19. The summed E-state index contributed by atoms with van der Waals surface area (Å²) < 4.78 is 10.9. The zero-order chi connectivity index (χ0) is 20.6. The Labute approximate surface area is 166 Å². The Hall–Kier alpha value is -4.38. The summed E-state index contributed by atoms with van der Waals surface area (Å²) in [5, 5.41) is 22.4. The molecule has 0 aliphatic heterocycles. The highest BCUT2D eigenvalue weighted by Crippen LogP contribution is 2.29. The van der Waals surface area contributed by atoms with Crippen LogP contribution in [-0.2, 0) is 0 Å². The van der Waals surface area contributed by atoms with Crippen LogP contribution >= 0.6 is 0 Å². The zero-order valence-corrected chi connectivity index (χ0v) is 15.1. The van der Waals surface area contributed by atoms with Crippen LogP contribution in [0.4, 0.5) is 11.4 Å². The molecule has 1 N–H and O–H groups in total. The van der Waals surface area contributed by atoms with Crippen molar-refractivity contribution in [1.29, 1.82) is 5.26 Å². The van der Waals surface area contributed by atoms with Gasteiger partial charge in [-0.1, -0.05) is 24.3 Å². The first-order valence-corrected chi connectivity index (χ1v) is 8.49. The number of nitrogens with zero attached hydrogens (tertiary/aromatic N) is 2. The lowest BCUT2D eigenvalue weighted by Crippen LogP contribution is -2.13. The maximum absolute atomic E-state index is 12.8. The van der Waals surface area contributed by atoms with Crippen molar-refractivity contribution in [3.05, 3.63) is 88.5 Å². The monoisotopic (exact) mass is 389 g/mol. The van der Waals surface area contributed by atoms with Crippen molar-refractivity contribution >= 4 is 17.3 Å². The van der Waals surface area contributed by atoms with E-state index in [1.54, 1.807) is 48.5 Å². The number of carbonyl (C=O) groups excluding carboxylic acids is 1. The number of rotatable bonds is 7. The summed E-state index contributed by atoms with van der Waals surface area (Å²) in [6.45, 7) is -0.128. The van der Waals surface area contributed by atoms with Gasteiger partial charge in [-0.25, -0.2) is 0 Å². The molecule has 0 saturated carbocycles. The number of carbonyl (C=O) groups is 1. The first-order valence-electron chi connectivity index (χ1n) is 8.49. The van der Waals surface area contributed by atoms with Gasteiger partial charge >= 0.3 is 0 Å². The molecular weight excluding hydrogens is 374 g/mol. The van der Waals surface area contributed by atoms with Gasteiger partial charge < -0.3 is 14.8 Å². The van der Waals surface area contributed by atoms with Gasteiger partial charge in [0.25, 0.3) is 11.6 Å². The van der Waals surface area contributed by atoms with E-state index in [0.717, 1.165) is 6.07 Å². The van der Waals surface area contributed by atoms with Crippen LogP contribution in [0.15, 0.2) is 72.8 Å². The summed E-state index contributed by atoms with van der Waals surface area (Å²) in [4.78, 5) is 23.4. The molecule has 0 radical (unpaired) electrons. The molecular formula is C21H15N3O5. The van der Waals surface area contributed by atoms with Gasteiger partial charge in [0.15, 0.2) is 6.61 Å². The average molecular weight is 389 g/mol. The number of nitro benzene ring substituents is 1. The Bertz CT molecular complexity index is 1080. The molecule has 0 fully saturated rings. The van der Waals surface area contributed by atoms with Gasteiger partial charge in [0.05, 0.1) is 10.5 Å². The summed E-state index contributed by atoms with van der Waals surface area (Å²) in [5.74, 6) is 0.486. The van der Waals surface area contributed by atoms with Gasteiger partial charge in [-0.05, 0) is 30.3 Å². The summed E-state index contributed by atoms with van der Waals surface area (Å²) >= 11 is 0. The Morgan fingerprint density at radius 1 is 1.03 bits per heavy atom. The molecule has 0 bridgehead atoms. The lowest BCUT2D eigenvalue weighted by Gasteiger charge is -2.12. The van der Waals surface area contributed by atoms with E-state index in [2.05, 4.69) is 5.32 Å². The number of hydrogen-bond donors (Lipinski definition) is 1. The van der Waals surface area contributed by atoms with Crippen LogP contribution in [0.5, 0.6) is 17.2 Å². The van der Waals surface area contributed by atoms with Crippen molar-refractivity contribution in [1.82, 2.24) is 0 Å². The van der Waals surface area contributed by atoms with Gasteiger partial charge in [0, 0.05) is 23.9 Å². The molecule has 144 valence electrons. The number of anilines is 1. The van der Waals surface area contributed by atoms with Gasteiger partial charge in [-0.3, -0.25) is 14.9 Å². The Morgan fingerprint density at radius 2 is 1.79 bits per heavy atom. The average Bonchev–Trinajstić information content (AvgIpc) is 2.73. The molecule has 0 aliphatic carbocycles. The number of nitriles is 1. The number of amides is 1. The second-order valence-corrected chi connectivity index (χ2v) is 5.78. The van der Waals surface area contributed by atoms with Crippen LogP contribution in [0.1, 0.15) is 10.4 Å². The van der Waals surface area contributed by atoms with Crippen molar-refractivity contribution in [2.75, 3.05) is 11.9 Å². The molecule has 0 atom stereocenters. The van der Waals surface area contributed by atoms with E-state index in [9.17, 15) is 14.9 Å². The quantitative estimate of drug-likeness (QED) is 0.468. The molecule has 29 heavy (non-hydrogen) atoms. The van der Waals surface area contributed by atoms with Crippen molar-refractivity contribution < 1.29 is 19.2 Å². The predicted molar refractivity (Wildman–Crippen MR) is 105 cm³/mol. The number of nitro groups is 1. The SMILES string of the molecule is N#CCOc1cccc(NC(=O)c2cc([N+](=O)[O-])ccc2Oc2ccccc2)c1. The second-order valence-electron chi connectivity index (χ2n) is 5.78. The molecule has 8 heteroatoms. The number of benzene rings is 3. The van der Waals surface area contributed by atoms with Gasteiger partial charge in [-0.15, -0.1) is 0 Å². The van der Waals surface area contributed by atoms with Crippen LogP contribution in [0, 0.1) is 21.4 Å². The van der Waals surface area contributed by atoms with Crippen LogP contribution in [0.2, 0.25) is 0 Å². The molecule has 0 unspecified atom stereocenters. The van der Waals surface area contributed by atoms with E-state index in [0.29, 0.717) is 17.2 Å². The zero-order valence-electron chi connectivity index (χ0n) is 15.1. The Kier molecular flexibility index (Phi) is 6.02. The van der Waals surface area contributed by atoms with Crippen LogP contribution in [0.25, 0.3) is 0 Å². The maximum Gasteiger partial charge on any atom is 0.270 e. The molecule has 3 aromatic rings. The molecule has 8 nitrogen and oxygen atoms in total. The Balaban J connectivity index is 1.89. The van der Waals surface area contributed by atoms with Gasteiger partial charge in [0.2, 0.25) is 0 Å². The third-order valence-corrected chi connectivity index (χ3v) is 3.78. The molecule has 0 aromatic heterocycles. The standard InChI is InChI=1S/C21H15N3O5/c22-11-12-28-18-8-4-5-15(13-18)23-21(25)19-14-16(24(26)27)9-10-20(19)29-17-6-2-1-3-7-17/h1-10,13-14H,12H2,(H,23,25). The molecule has 0 spiro atoms. The number of hydrogen-bond acceptors (Lipinski definition) is 6. The summed E-state index contributed by atoms with van der Waals surface area (Å²) in [6, 6.07) is 20.9. The minimum absolute atomic E-state index is 0.00593. The number of para-hydroxylation sites is 1. The lowest BCUT2D eigenvalue weighted by atomic mass is 10.1. The summed E-state index contributed by atoms with van der Waals surface area (Å²) in [5.41, 5.74) is 0.177. The predicted octanol–water partition coefficient (Wildman–Crippen LogP) is 4.54. The van der Waals surface area contributed by atoms with Gasteiger partial charge in [-0.2, -0.15) is 5.26 Å². The molecule has 3 aromatic carbocycles. The summed E-state index contributed by atoms with van der Waals surface area (Å²) in [7, 11) is 0. The lowest BCUT2D eigenvalue weighted by molar-refractivity contribution is -0.384. The van der Waals surface area contributed by atoms with E-state index >= 15 is 0 Å². The van der Waals surface area contributed by atoms with Crippen molar-refractivity contribution in [3.8, 4) is 23.3 Å². The van der Waals surface area contributed by atoms with Crippen LogP contribution in [-0.4, -0.2) is 17.4 Å². The molecule has 0 aliphatic rings. The maximum atomic E-state index is 12.8. The highest BCUT2D eigenvalue weighted by atomic mass is 16.6. The minimum atomic E-state index is -0.586. The first-order chi connectivity index (χ1) is 14.1. The van der Waals surface area contributed by atoms with Crippen molar-refractivity contribution in [2.24, 2.45) is 0 Å². The Morgan fingerprint density at radius 3 is 2.52 bits per heavy atom. The number of non-ortho nitro benzene ring substituents is 1. The fourth-order valence-corrected chi connectivity index (χ4v) is 2.49. The fourth-order valence-electron chi connectivity index (χ4n) is 2.49. The topological polar surface area (TPSA) is 114 Å². The van der Waals surface area contributed by atoms with Crippen LogP contribution < -0.4 is 14.8 Å². The van der Waals surface area contributed by atoms with Crippen LogP contribution in [0.3, 0.4) is 0 Å². The molecule has 3 rings (SSSR count).